The quantitative estimate of drug-likeness (QED) is 0.860. The summed E-state index contributed by atoms with van der Waals surface area (Å²) >= 11 is 3.42. The van der Waals surface area contributed by atoms with Crippen LogP contribution in [0.15, 0.2) is 28.9 Å². The van der Waals surface area contributed by atoms with Gasteiger partial charge in [-0.3, -0.25) is 0 Å². The van der Waals surface area contributed by atoms with Gasteiger partial charge in [-0.1, -0.05) is 15.9 Å². The van der Waals surface area contributed by atoms with Gasteiger partial charge in [0, 0.05) is 16.1 Å². The second-order valence-electron chi connectivity index (χ2n) is 4.05. The first-order valence-corrected chi connectivity index (χ1v) is 5.68. The van der Waals surface area contributed by atoms with Gasteiger partial charge in [0.25, 0.3) is 0 Å². The van der Waals surface area contributed by atoms with Gasteiger partial charge in [0.1, 0.15) is 5.82 Å². The molecule has 0 bridgehead atoms. The highest BCUT2D eigenvalue weighted by Gasteiger charge is 2.43. The van der Waals surface area contributed by atoms with Gasteiger partial charge in [0.05, 0.1) is 11.1 Å². The van der Waals surface area contributed by atoms with E-state index < -0.39 is 0 Å². The van der Waals surface area contributed by atoms with Gasteiger partial charge in [-0.15, -0.1) is 0 Å². The van der Waals surface area contributed by atoms with Gasteiger partial charge in [-0.05, 0) is 31.0 Å². The Morgan fingerprint density at radius 3 is 2.87 bits per heavy atom. The van der Waals surface area contributed by atoms with E-state index in [9.17, 15) is 0 Å². The number of nitrogens with two attached hydrogens (primary N) is 1. The molecule has 2 aromatic rings. The van der Waals surface area contributed by atoms with Gasteiger partial charge < -0.3 is 5.73 Å². The fourth-order valence-corrected chi connectivity index (χ4v) is 1.98. The zero-order valence-electron chi connectivity index (χ0n) is 8.07. The summed E-state index contributed by atoms with van der Waals surface area (Å²) in [5.74, 6) is 0.775. The Balaban J connectivity index is 2.18. The van der Waals surface area contributed by atoms with E-state index in [2.05, 4.69) is 25.9 Å². The number of aromatic nitrogens is 2. The van der Waals surface area contributed by atoms with Crippen LogP contribution >= 0.6 is 15.9 Å². The van der Waals surface area contributed by atoms with E-state index in [1.165, 1.54) is 0 Å². The highest BCUT2D eigenvalue weighted by atomic mass is 79.9. The van der Waals surface area contributed by atoms with Crippen LogP contribution in [0.25, 0.3) is 10.9 Å². The molecule has 0 spiro atoms. The zero-order valence-corrected chi connectivity index (χ0v) is 9.66. The van der Waals surface area contributed by atoms with E-state index >= 15 is 0 Å². The van der Waals surface area contributed by atoms with Crippen LogP contribution in [0.5, 0.6) is 0 Å². The molecule has 76 valence electrons. The van der Waals surface area contributed by atoms with Crippen LogP contribution in [-0.4, -0.2) is 9.97 Å². The molecule has 1 heterocycles. The summed E-state index contributed by atoms with van der Waals surface area (Å²) in [6.07, 6.45) is 3.83. The van der Waals surface area contributed by atoms with Crippen molar-refractivity contribution in [3.63, 3.8) is 0 Å². The lowest BCUT2D eigenvalue weighted by Crippen LogP contribution is -2.21. The van der Waals surface area contributed by atoms with Crippen molar-refractivity contribution < 1.29 is 0 Å². The maximum Gasteiger partial charge on any atom is 0.148 e. The van der Waals surface area contributed by atoms with Gasteiger partial charge in [0.15, 0.2) is 0 Å². The van der Waals surface area contributed by atoms with Crippen molar-refractivity contribution in [2.45, 2.75) is 18.4 Å². The summed E-state index contributed by atoms with van der Waals surface area (Å²) in [5, 5.41) is 1.04. The van der Waals surface area contributed by atoms with Crippen LogP contribution in [0, 0.1) is 0 Å². The zero-order chi connectivity index (χ0) is 10.5. The van der Waals surface area contributed by atoms with Crippen LogP contribution in [0.2, 0.25) is 0 Å². The molecule has 1 saturated carbocycles. The van der Waals surface area contributed by atoms with Crippen molar-refractivity contribution in [2.75, 3.05) is 0 Å². The molecule has 0 unspecified atom stereocenters. The van der Waals surface area contributed by atoms with Crippen molar-refractivity contribution >= 4 is 26.8 Å². The first-order valence-electron chi connectivity index (χ1n) is 4.89. The van der Waals surface area contributed by atoms with Crippen LogP contribution in [-0.2, 0) is 5.54 Å². The lowest BCUT2D eigenvalue weighted by molar-refractivity contribution is 0.677. The van der Waals surface area contributed by atoms with Crippen molar-refractivity contribution in [3.8, 4) is 0 Å². The van der Waals surface area contributed by atoms with Crippen molar-refractivity contribution in [1.29, 1.82) is 0 Å². The Bertz CT molecular complexity index is 534. The van der Waals surface area contributed by atoms with E-state index in [4.69, 9.17) is 5.73 Å². The second kappa shape index (κ2) is 3.00. The second-order valence-corrected chi connectivity index (χ2v) is 4.97. The molecule has 0 aliphatic heterocycles. The lowest BCUT2D eigenvalue weighted by Gasteiger charge is -2.07. The molecule has 0 amide bonds. The minimum Gasteiger partial charge on any atom is -0.319 e. The molecule has 1 aliphatic rings. The normalized spacial score (nSPS) is 18.0. The minimum absolute atomic E-state index is 0.249. The standard InChI is InChI=1S/C11H10BrN3/c12-8-1-2-9-7(5-8)6-14-10(15-9)11(13)3-4-11/h1-2,5-6H,3-4,13H2. The van der Waals surface area contributed by atoms with E-state index in [-0.39, 0.29) is 5.54 Å². The predicted molar refractivity (Wildman–Crippen MR) is 62.3 cm³/mol. The van der Waals surface area contributed by atoms with E-state index in [1.54, 1.807) is 0 Å². The molecule has 15 heavy (non-hydrogen) atoms. The molecular formula is C11H10BrN3. The van der Waals surface area contributed by atoms with Crippen LogP contribution < -0.4 is 5.73 Å². The van der Waals surface area contributed by atoms with Crippen LogP contribution in [0.3, 0.4) is 0 Å². The summed E-state index contributed by atoms with van der Waals surface area (Å²) in [5.41, 5.74) is 6.76. The maximum absolute atomic E-state index is 6.05. The highest BCUT2D eigenvalue weighted by Crippen LogP contribution is 2.40. The third-order valence-corrected chi connectivity index (χ3v) is 3.27. The summed E-state index contributed by atoms with van der Waals surface area (Å²) < 4.78 is 1.04. The molecule has 3 rings (SSSR count). The third kappa shape index (κ3) is 1.54. The number of benzene rings is 1. The van der Waals surface area contributed by atoms with E-state index in [1.807, 2.05) is 24.4 Å². The largest absolute Gasteiger partial charge is 0.319 e. The SMILES string of the molecule is NC1(c2ncc3cc(Br)ccc3n2)CC1. The molecule has 4 heteroatoms. The smallest absolute Gasteiger partial charge is 0.148 e. The van der Waals surface area contributed by atoms with E-state index in [0.29, 0.717) is 0 Å². The first-order chi connectivity index (χ1) is 7.17. The molecule has 0 saturated heterocycles. The topological polar surface area (TPSA) is 51.8 Å². The van der Waals surface area contributed by atoms with Crippen molar-refractivity contribution in [2.24, 2.45) is 5.73 Å². The molecule has 1 aromatic carbocycles. The Labute approximate surface area is 95.8 Å². The fraction of sp³-hybridized carbons (Fsp3) is 0.273. The molecule has 0 radical (unpaired) electrons. The van der Waals surface area contributed by atoms with Crippen LogP contribution in [0.4, 0.5) is 0 Å². The number of hydrogen-bond acceptors (Lipinski definition) is 3. The summed E-state index contributed by atoms with van der Waals surface area (Å²) in [6.45, 7) is 0. The molecule has 2 N–H and O–H groups in total. The molecule has 1 aliphatic carbocycles. The first kappa shape index (κ1) is 9.24. The monoisotopic (exact) mass is 263 g/mol. The number of hydrogen-bond donors (Lipinski definition) is 1. The van der Waals surface area contributed by atoms with Gasteiger partial charge in [0.2, 0.25) is 0 Å². The van der Waals surface area contributed by atoms with Gasteiger partial charge >= 0.3 is 0 Å². The van der Waals surface area contributed by atoms with Crippen molar-refractivity contribution in [3.05, 3.63) is 34.7 Å². The Kier molecular flexibility index (Phi) is 1.85. The lowest BCUT2D eigenvalue weighted by atomic mass is 10.2. The van der Waals surface area contributed by atoms with Gasteiger partial charge in [-0.25, -0.2) is 9.97 Å². The Morgan fingerprint density at radius 2 is 2.13 bits per heavy atom. The van der Waals surface area contributed by atoms with E-state index in [0.717, 1.165) is 34.0 Å². The number of nitrogens with zero attached hydrogens (tertiary/aromatic N) is 2. The average molecular weight is 264 g/mol. The predicted octanol–water partition coefficient (Wildman–Crippen LogP) is 2.34. The molecule has 0 atom stereocenters. The summed E-state index contributed by atoms with van der Waals surface area (Å²) in [4.78, 5) is 8.82. The van der Waals surface area contributed by atoms with Crippen molar-refractivity contribution in [1.82, 2.24) is 9.97 Å². The number of fused-ring (bicyclic) bond motifs is 1. The average Bonchev–Trinajstić information content (AvgIpc) is 2.97. The molecule has 1 fully saturated rings. The minimum atomic E-state index is -0.249. The summed E-state index contributed by atoms with van der Waals surface area (Å²) in [7, 11) is 0. The molecular weight excluding hydrogens is 254 g/mol. The number of halogens is 1. The third-order valence-electron chi connectivity index (χ3n) is 2.78. The number of rotatable bonds is 1. The molecule has 1 aromatic heterocycles. The summed E-state index contributed by atoms with van der Waals surface area (Å²) in [6, 6.07) is 5.97. The maximum atomic E-state index is 6.05. The molecule has 3 nitrogen and oxygen atoms in total. The Morgan fingerprint density at radius 1 is 1.33 bits per heavy atom. The Hall–Kier alpha value is -1.00. The van der Waals surface area contributed by atoms with Crippen LogP contribution in [0.1, 0.15) is 18.7 Å². The fourth-order valence-electron chi connectivity index (χ4n) is 1.60. The van der Waals surface area contributed by atoms with Gasteiger partial charge in [-0.2, -0.15) is 0 Å². The highest BCUT2D eigenvalue weighted by molar-refractivity contribution is 9.10.